The quantitative estimate of drug-likeness (QED) is 0.822. The minimum absolute atomic E-state index is 0.323. The lowest BCUT2D eigenvalue weighted by molar-refractivity contribution is 0.0520. The summed E-state index contributed by atoms with van der Waals surface area (Å²) in [6.45, 7) is 4.09. The zero-order chi connectivity index (χ0) is 11.0. The van der Waals surface area contributed by atoms with E-state index in [2.05, 4.69) is 4.98 Å². The van der Waals surface area contributed by atoms with Crippen LogP contribution in [-0.2, 0) is 4.74 Å². The third-order valence-electron chi connectivity index (χ3n) is 2.15. The number of esters is 1. The third kappa shape index (κ3) is 1.75. The molecule has 2 heterocycles. The lowest BCUT2D eigenvalue weighted by atomic mass is 10.3. The number of ether oxygens (including phenoxy) is 1. The van der Waals surface area contributed by atoms with Gasteiger partial charge in [0.2, 0.25) is 0 Å². The van der Waals surface area contributed by atoms with Crippen LogP contribution in [0.4, 0.5) is 0 Å². The Balaban J connectivity index is 2.44. The van der Waals surface area contributed by atoms with Crippen molar-refractivity contribution in [3.63, 3.8) is 0 Å². The zero-order valence-corrected chi connectivity index (χ0v) is 9.96. The van der Waals surface area contributed by atoms with Crippen LogP contribution in [0.15, 0.2) is 6.07 Å². The van der Waals surface area contributed by atoms with Gasteiger partial charge in [-0.05, 0) is 19.9 Å². The van der Waals surface area contributed by atoms with Crippen molar-refractivity contribution in [2.45, 2.75) is 13.8 Å². The first-order valence-electron chi connectivity index (χ1n) is 4.58. The van der Waals surface area contributed by atoms with Crippen LogP contribution >= 0.6 is 22.9 Å². The molecule has 3 nitrogen and oxygen atoms in total. The van der Waals surface area contributed by atoms with Gasteiger partial charge in [0.05, 0.1) is 21.2 Å². The number of carbonyl (C=O) groups excluding carboxylic acids is 1. The van der Waals surface area contributed by atoms with Crippen LogP contribution in [0.1, 0.15) is 23.0 Å². The summed E-state index contributed by atoms with van der Waals surface area (Å²) in [5, 5.41) is 0. The summed E-state index contributed by atoms with van der Waals surface area (Å²) in [4.78, 5) is 14.4. The van der Waals surface area contributed by atoms with Gasteiger partial charge in [0, 0.05) is 5.56 Å². The molecule has 0 saturated heterocycles. The summed E-state index contributed by atoms with van der Waals surface area (Å²) in [5.74, 6) is -0.323. The fraction of sp³-hybridized carbons (Fsp3) is 0.300. The van der Waals surface area contributed by atoms with Gasteiger partial charge in [-0.15, -0.1) is 11.3 Å². The molecule has 80 valence electrons. The average molecular weight is 244 g/mol. The maximum Gasteiger partial charge on any atom is 0.354 e. The van der Waals surface area contributed by atoms with Crippen LogP contribution in [0.2, 0.25) is 4.34 Å². The Labute approximate surface area is 96.0 Å². The first-order valence-corrected chi connectivity index (χ1v) is 5.77. The van der Waals surface area contributed by atoms with Crippen LogP contribution < -0.4 is 0 Å². The summed E-state index contributed by atoms with van der Waals surface area (Å²) >= 11 is 7.43. The second-order valence-corrected chi connectivity index (χ2v) is 4.80. The van der Waals surface area contributed by atoms with E-state index in [9.17, 15) is 4.79 Å². The summed E-state index contributed by atoms with van der Waals surface area (Å²) in [7, 11) is 0. The average Bonchev–Trinajstić information content (AvgIpc) is 2.70. The Kier molecular flexibility index (Phi) is 2.71. The van der Waals surface area contributed by atoms with Crippen molar-refractivity contribution in [2.24, 2.45) is 0 Å². The second-order valence-electron chi connectivity index (χ2n) is 3.14. The molecule has 0 radical (unpaired) electrons. The van der Waals surface area contributed by atoms with E-state index in [0.717, 1.165) is 20.1 Å². The molecule has 0 aliphatic carbocycles. The summed E-state index contributed by atoms with van der Waals surface area (Å²) in [6.07, 6.45) is 0. The van der Waals surface area contributed by atoms with Crippen molar-refractivity contribution in [1.82, 2.24) is 4.98 Å². The highest BCUT2D eigenvalue weighted by Gasteiger charge is 2.14. The number of aryl methyl sites for hydroxylation is 1. The number of halogens is 1. The molecule has 0 aromatic carbocycles. The van der Waals surface area contributed by atoms with E-state index in [-0.39, 0.29) is 5.97 Å². The number of H-pyrrole nitrogens is 1. The SMILES string of the molecule is CCOC(=O)c1cc2sc(Cl)c(C)c2[nH]1. The topological polar surface area (TPSA) is 42.1 Å². The number of rotatable bonds is 2. The number of hydrogen-bond acceptors (Lipinski definition) is 3. The molecule has 0 aliphatic rings. The highest BCUT2D eigenvalue weighted by molar-refractivity contribution is 7.22. The van der Waals surface area contributed by atoms with Gasteiger partial charge in [-0.25, -0.2) is 4.79 Å². The van der Waals surface area contributed by atoms with Gasteiger partial charge in [-0.1, -0.05) is 11.6 Å². The maximum atomic E-state index is 11.4. The van der Waals surface area contributed by atoms with Crippen molar-refractivity contribution in [1.29, 1.82) is 0 Å². The molecule has 2 aromatic heterocycles. The molecule has 5 heteroatoms. The third-order valence-corrected chi connectivity index (χ3v) is 3.69. The summed E-state index contributed by atoms with van der Waals surface area (Å²) < 4.78 is 6.64. The van der Waals surface area contributed by atoms with Gasteiger partial charge in [-0.2, -0.15) is 0 Å². The van der Waals surface area contributed by atoms with E-state index in [1.54, 1.807) is 13.0 Å². The number of hydrogen-bond donors (Lipinski definition) is 1. The second kappa shape index (κ2) is 3.87. The Hall–Kier alpha value is -1.00. The Morgan fingerprint density at radius 2 is 2.40 bits per heavy atom. The monoisotopic (exact) mass is 243 g/mol. The van der Waals surface area contributed by atoms with Crippen molar-refractivity contribution in [3.05, 3.63) is 21.7 Å². The molecule has 0 bridgehead atoms. The number of nitrogens with one attached hydrogen (secondary N) is 1. The molecule has 0 amide bonds. The lowest BCUT2D eigenvalue weighted by Gasteiger charge is -1.97. The predicted molar refractivity (Wildman–Crippen MR) is 61.9 cm³/mol. The predicted octanol–water partition coefficient (Wildman–Crippen LogP) is 3.37. The van der Waals surface area contributed by atoms with E-state index >= 15 is 0 Å². The normalized spacial score (nSPS) is 10.9. The minimum Gasteiger partial charge on any atom is -0.461 e. The molecule has 2 rings (SSSR count). The molecule has 0 spiro atoms. The molecular weight excluding hydrogens is 234 g/mol. The van der Waals surface area contributed by atoms with Gasteiger partial charge >= 0.3 is 5.97 Å². The number of aromatic amines is 1. The lowest BCUT2D eigenvalue weighted by Crippen LogP contribution is -2.04. The van der Waals surface area contributed by atoms with Crippen LogP contribution in [0.5, 0.6) is 0 Å². The molecular formula is C10H10ClNO2S. The summed E-state index contributed by atoms with van der Waals surface area (Å²) in [5.41, 5.74) is 2.39. The minimum atomic E-state index is -0.323. The number of aromatic nitrogens is 1. The molecule has 0 atom stereocenters. The fourth-order valence-corrected chi connectivity index (χ4v) is 2.66. The smallest absolute Gasteiger partial charge is 0.354 e. The van der Waals surface area contributed by atoms with Crippen molar-refractivity contribution >= 4 is 39.1 Å². The molecule has 0 saturated carbocycles. The van der Waals surface area contributed by atoms with E-state index in [1.165, 1.54) is 11.3 Å². The van der Waals surface area contributed by atoms with Crippen LogP contribution in [0.3, 0.4) is 0 Å². The van der Waals surface area contributed by atoms with Crippen molar-refractivity contribution in [3.8, 4) is 0 Å². The Morgan fingerprint density at radius 1 is 1.67 bits per heavy atom. The van der Waals surface area contributed by atoms with Crippen molar-refractivity contribution < 1.29 is 9.53 Å². The maximum absolute atomic E-state index is 11.4. The van der Waals surface area contributed by atoms with Crippen LogP contribution in [-0.4, -0.2) is 17.6 Å². The largest absolute Gasteiger partial charge is 0.461 e. The van der Waals surface area contributed by atoms with Gasteiger partial charge in [0.1, 0.15) is 5.69 Å². The molecule has 15 heavy (non-hydrogen) atoms. The Morgan fingerprint density at radius 3 is 3.00 bits per heavy atom. The van der Waals surface area contributed by atoms with Gasteiger partial charge in [0.15, 0.2) is 0 Å². The first-order chi connectivity index (χ1) is 7.13. The molecule has 0 unspecified atom stereocenters. The van der Waals surface area contributed by atoms with E-state index in [0.29, 0.717) is 12.3 Å². The highest BCUT2D eigenvalue weighted by Crippen LogP contribution is 2.34. The standard InChI is InChI=1S/C10H10ClNO2S/c1-3-14-10(13)6-4-7-8(12-6)5(2)9(11)15-7/h4,12H,3H2,1-2H3. The summed E-state index contributed by atoms with van der Waals surface area (Å²) in [6, 6.07) is 1.77. The van der Waals surface area contributed by atoms with Gasteiger partial charge in [-0.3, -0.25) is 0 Å². The van der Waals surface area contributed by atoms with E-state index < -0.39 is 0 Å². The fourth-order valence-electron chi connectivity index (χ4n) is 1.38. The zero-order valence-electron chi connectivity index (χ0n) is 8.39. The highest BCUT2D eigenvalue weighted by atomic mass is 35.5. The number of fused-ring (bicyclic) bond motifs is 1. The number of carbonyl (C=O) groups is 1. The number of thiophene rings is 1. The van der Waals surface area contributed by atoms with E-state index in [4.69, 9.17) is 16.3 Å². The van der Waals surface area contributed by atoms with Gasteiger partial charge in [0.25, 0.3) is 0 Å². The first kappa shape index (κ1) is 10.5. The van der Waals surface area contributed by atoms with Crippen LogP contribution in [0, 0.1) is 6.92 Å². The van der Waals surface area contributed by atoms with Crippen LogP contribution in [0.25, 0.3) is 10.2 Å². The molecule has 2 aromatic rings. The van der Waals surface area contributed by atoms with Gasteiger partial charge < -0.3 is 9.72 Å². The molecule has 1 N–H and O–H groups in total. The van der Waals surface area contributed by atoms with E-state index in [1.807, 2.05) is 6.92 Å². The Bertz CT molecular complexity index is 515. The van der Waals surface area contributed by atoms with Crippen molar-refractivity contribution in [2.75, 3.05) is 6.61 Å². The molecule has 0 fully saturated rings. The molecule has 0 aliphatic heterocycles.